The lowest BCUT2D eigenvalue weighted by Gasteiger charge is -2.15. The van der Waals surface area contributed by atoms with E-state index in [0.717, 1.165) is 50.2 Å². The third-order valence-corrected chi connectivity index (χ3v) is 8.86. The first kappa shape index (κ1) is 26.2. The molecule has 0 amide bonds. The van der Waals surface area contributed by atoms with Gasteiger partial charge < -0.3 is 0 Å². The van der Waals surface area contributed by atoms with Gasteiger partial charge in [-0.3, -0.25) is 0 Å². The number of hydrogen-bond acceptors (Lipinski definition) is 3. The number of pyridine rings is 1. The van der Waals surface area contributed by atoms with Crippen LogP contribution in [0.15, 0.2) is 164 Å². The minimum absolute atomic E-state index is 0.710. The molecule has 0 aliphatic heterocycles. The molecule has 3 heteroatoms. The zero-order valence-electron chi connectivity index (χ0n) is 24.9. The maximum Gasteiger partial charge on any atom is 0.160 e. The van der Waals surface area contributed by atoms with Crippen LogP contribution in [0.1, 0.15) is 0 Å². The second-order valence-electron chi connectivity index (χ2n) is 11.6. The number of rotatable bonds is 4. The second kappa shape index (κ2) is 10.8. The molecule has 214 valence electrons. The highest BCUT2D eigenvalue weighted by atomic mass is 14.9. The largest absolute Gasteiger partial charge is 0.246 e. The van der Waals surface area contributed by atoms with E-state index in [2.05, 4.69) is 127 Å². The van der Waals surface area contributed by atoms with Crippen LogP contribution in [-0.2, 0) is 0 Å². The fourth-order valence-corrected chi connectivity index (χ4v) is 6.68. The van der Waals surface area contributed by atoms with Gasteiger partial charge in [-0.15, -0.1) is 0 Å². The molecule has 0 aliphatic carbocycles. The van der Waals surface area contributed by atoms with Crippen LogP contribution in [0.3, 0.4) is 0 Å². The van der Waals surface area contributed by atoms with Crippen LogP contribution in [-0.4, -0.2) is 15.0 Å². The minimum atomic E-state index is 0.710. The molecule has 0 spiro atoms. The molecule has 2 aromatic heterocycles. The van der Waals surface area contributed by atoms with Gasteiger partial charge in [0.15, 0.2) is 5.82 Å². The average Bonchev–Trinajstić information content (AvgIpc) is 3.15. The van der Waals surface area contributed by atoms with Crippen LogP contribution in [0.25, 0.3) is 88.4 Å². The van der Waals surface area contributed by atoms with Crippen LogP contribution < -0.4 is 0 Å². The molecule has 0 bridgehead atoms. The van der Waals surface area contributed by atoms with Gasteiger partial charge in [-0.05, 0) is 27.6 Å². The maximum atomic E-state index is 5.44. The molecule has 0 atom stereocenters. The Hall–Kier alpha value is -6.19. The molecule has 0 N–H and O–H groups in total. The Labute approximate surface area is 266 Å². The van der Waals surface area contributed by atoms with Crippen molar-refractivity contribution in [3.05, 3.63) is 164 Å². The summed E-state index contributed by atoms with van der Waals surface area (Å²) in [6.07, 6.45) is 0. The molecular formula is C43H27N3. The number of benzene rings is 7. The predicted molar refractivity (Wildman–Crippen MR) is 192 cm³/mol. The van der Waals surface area contributed by atoms with Crippen molar-refractivity contribution in [3.63, 3.8) is 0 Å². The third-order valence-electron chi connectivity index (χ3n) is 8.86. The van der Waals surface area contributed by atoms with E-state index in [1.165, 1.54) is 32.3 Å². The highest BCUT2D eigenvalue weighted by Gasteiger charge is 2.17. The zero-order chi connectivity index (χ0) is 30.5. The van der Waals surface area contributed by atoms with Crippen LogP contribution in [0.2, 0.25) is 0 Å². The Bertz CT molecular complexity index is 2500. The molecule has 0 unspecified atom stereocenters. The lowest BCUT2D eigenvalue weighted by atomic mass is 9.92. The van der Waals surface area contributed by atoms with E-state index in [1.54, 1.807) is 0 Å². The maximum absolute atomic E-state index is 5.44. The molecule has 9 aromatic rings. The second-order valence-corrected chi connectivity index (χ2v) is 11.6. The molecule has 2 heterocycles. The molecule has 7 aromatic carbocycles. The van der Waals surface area contributed by atoms with Crippen LogP contribution in [0.5, 0.6) is 0 Å². The van der Waals surface area contributed by atoms with Crippen molar-refractivity contribution in [2.75, 3.05) is 0 Å². The number of nitrogens with zero attached hydrogens (tertiary/aromatic N) is 3. The summed E-state index contributed by atoms with van der Waals surface area (Å²) in [5, 5.41) is 8.43. The number of aromatic nitrogens is 3. The molecule has 0 radical (unpaired) electrons. The topological polar surface area (TPSA) is 38.7 Å². The highest BCUT2D eigenvalue weighted by molar-refractivity contribution is 6.31. The summed E-state index contributed by atoms with van der Waals surface area (Å²) in [5.41, 5.74) is 7.94. The Balaban J connectivity index is 1.23. The molecule has 9 rings (SSSR count). The summed E-state index contributed by atoms with van der Waals surface area (Å²) in [6.45, 7) is 0. The van der Waals surface area contributed by atoms with Gasteiger partial charge in [0.2, 0.25) is 0 Å². The van der Waals surface area contributed by atoms with Crippen molar-refractivity contribution in [1.82, 2.24) is 15.0 Å². The predicted octanol–water partition coefficient (Wildman–Crippen LogP) is 11.2. The molecule has 0 fully saturated rings. The summed E-state index contributed by atoms with van der Waals surface area (Å²) in [6, 6.07) is 57.2. The van der Waals surface area contributed by atoms with Crippen molar-refractivity contribution in [2.45, 2.75) is 0 Å². The van der Waals surface area contributed by atoms with Crippen LogP contribution in [0, 0.1) is 0 Å². The highest BCUT2D eigenvalue weighted by Crippen LogP contribution is 2.41. The third kappa shape index (κ3) is 4.33. The molecule has 0 aliphatic rings. The van der Waals surface area contributed by atoms with Gasteiger partial charge >= 0.3 is 0 Å². The van der Waals surface area contributed by atoms with E-state index in [9.17, 15) is 0 Å². The van der Waals surface area contributed by atoms with E-state index in [0.29, 0.717) is 5.82 Å². The monoisotopic (exact) mass is 585 g/mol. The average molecular weight is 586 g/mol. The summed E-state index contributed by atoms with van der Waals surface area (Å²) < 4.78 is 0. The first-order valence-corrected chi connectivity index (χ1v) is 15.5. The van der Waals surface area contributed by atoms with Crippen molar-refractivity contribution in [2.24, 2.45) is 0 Å². The van der Waals surface area contributed by atoms with E-state index in [4.69, 9.17) is 15.0 Å². The van der Waals surface area contributed by atoms with Crippen molar-refractivity contribution in [3.8, 4) is 45.2 Å². The van der Waals surface area contributed by atoms with Crippen LogP contribution >= 0.6 is 0 Å². The summed E-state index contributed by atoms with van der Waals surface area (Å²) in [7, 11) is 0. The lowest BCUT2D eigenvalue weighted by molar-refractivity contribution is 1.18. The fourth-order valence-electron chi connectivity index (χ4n) is 6.68. The van der Waals surface area contributed by atoms with Gasteiger partial charge in [0.05, 0.1) is 22.6 Å². The van der Waals surface area contributed by atoms with Gasteiger partial charge in [-0.25, -0.2) is 15.0 Å². The Morgan fingerprint density at radius 2 is 0.739 bits per heavy atom. The number of hydrogen-bond donors (Lipinski definition) is 0. The van der Waals surface area contributed by atoms with E-state index in [1.807, 2.05) is 36.4 Å². The van der Waals surface area contributed by atoms with Gasteiger partial charge in [0.25, 0.3) is 0 Å². The van der Waals surface area contributed by atoms with Gasteiger partial charge in [-0.1, -0.05) is 158 Å². The van der Waals surface area contributed by atoms with Crippen molar-refractivity contribution < 1.29 is 0 Å². The van der Waals surface area contributed by atoms with Gasteiger partial charge in [-0.2, -0.15) is 0 Å². The first-order valence-electron chi connectivity index (χ1n) is 15.5. The quantitative estimate of drug-likeness (QED) is 0.193. The van der Waals surface area contributed by atoms with E-state index < -0.39 is 0 Å². The molecule has 46 heavy (non-hydrogen) atoms. The first-order chi connectivity index (χ1) is 22.8. The lowest BCUT2D eigenvalue weighted by Crippen LogP contribution is -1.96. The summed E-state index contributed by atoms with van der Waals surface area (Å²) in [4.78, 5) is 15.4. The smallest absolute Gasteiger partial charge is 0.160 e. The van der Waals surface area contributed by atoms with Crippen molar-refractivity contribution in [1.29, 1.82) is 0 Å². The SMILES string of the molecule is c1ccc(-c2cc(-c3ccc(-c4nc5c6ccccc6c6ccccc6c5c5ccccc45)cc3)nc(-c3ccccc3)n2)cc1. The zero-order valence-corrected chi connectivity index (χ0v) is 24.9. The summed E-state index contributed by atoms with van der Waals surface area (Å²) in [5.74, 6) is 0.710. The van der Waals surface area contributed by atoms with Gasteiger partial charge in [0, 0.05) is 38.4 Å². The van der Waals surface area contributed by atoms with E-state index >= 15 is 0 Å². The van der Waals surface area contributed by atoms with Crippen molar-refractivity contribution >= 4 is 43.2 Å². The Morgan fingerprint density at radius 3 is 1.37 bits per heavy atom. The van der Waals surface area contributed by atoms with Crippen LogP contribution in [0.4, 0.5) is 0 Å². The molecule has 0 saturated heterocycles. The molecule has 0 saturated carbocycles. The Morgan fingerprint density at radius 1 is 0.304 bits per heavy atom. The molecular weight excluding hydrogens is 558 g/mol. The number of fused-ring (bicyclic) bond motifs is 8. The Kier molecular flexibility index (Phi) is 6.14. The molecule has 3 nitrogen and oxygen atoms in total. The van der Waals surface area contributed by atoms with Gasteiger partial charge in [0.1, 0.15) is 0 Å². The summed E-state index contributed by atoms with van der Waals surface area (Å²) >= 11 is 0. The standard InChI is InChI=1S/C43H27N3/c1-3-13-28(14-4-1)38-27-39(45-43(44-38)31-15-5-2-6-16-31)29-23-25-30(26-24-29)41-37-22-12-10-20-35(37)40-34-19-9-7-17-32(34)33-18-8-11-21-36(33)42(40)46-41/h1-27H. The van der Waals surface area contributed by atoms with E-state index in [-0.39, 0.29) is 0 Å². The normalized spacial score (nSPS) is 11.5. The minimum Gasteiger partial charge on any atom is -0.246 e. The fraction of sp³-hybridized carbons (Fsp3) is 0.